The minimum atomic E-state index is -0.0120. The fourth-order valence-corrected chi connectivity index (χ4v) is 2.63. The van der Waals surface area contributed by atoms with Crippen molar-refractivity contribution in [3.63, 3.8) is 0 Å². The number of nitrogens with one attached hydrogen (secondary N) is 2. The summed E-state index contributed by atoms with van der Waals surface area (Å²) in [5.74, 6) is 1.34. The van der Waals surface area contributed by atoms with Crippen molar-refractivity contribution in [2.45, 2.75) is 40.2 Å². The maximum Gasteiger partial charge on any atom is 0.224 e. The summed E-state index contributed by atoms with van der Waals surface area (Å²) >= 11 is 3.51. The van der Waals surface area contributed by atoms with Gasteiger partial charge in [-0.25, -0.2) is 0 Å². The van der Waals surface area contributed by atoms with E-state index in [0.29, 0.717) is 37.7 Å². The molecule has 5 nitrogen and oxygen atoms in total. The number of halogens is 2. The summed E-state index contributed by atoms with van der Waals surface area (Å²) in [5.41, 5.74) is 0.880. The van der Waals surface area contributed by atoms with Crippen LogP contribution in [0.15, 0.2) is 16.6 Å². The van der Waals surface area contributed by atoms with Gasteiger partial charge in [-0.05, 0) is 45.0 Å². The molecule has 0 heterocycles. The summed E-state index contributed by atoms with van der Waals surface area (Å²) in [4.78, 5) is 12.1. The van der Waals surface area contributed by atoms with Gasteiger partial charge in [-0.3, -0.25) is 4.79 Å². The maximum absolute atomic E-state index is 12.1. The molecule has 1 aromatic carbocycles. The van der Waals surface area contributed by atoms with Crippen molar-refractivity contribution in [2.75, 3.05) is 26.3 Å². The number of carbonyl (C=O) groups excluding carboxylic acids is 1. The summed E-state index contributed by atoms with van der Waals surface area (Å²) in [7, 11) is 0. The predicted octanol–water partition coefficient (Wildman–Crippen LogP) is 3.33. The van der Waals surface area contributed by atoms with E-state index in [2.05, 4.69) is 26.6 Å². The zero-order valence-electron chi connectivity index (χ0n) is 14.8. The molecular formula is C17H28BrClN2O3. The number of amides is 1. The number of rotatable bonds is 10. The average Bonchev–Trinajstić information content (AvgIpc) is 2.50. The predicted molar refractivity (Wildman–Crippen MR) is 104 cm³/mol. The Labute approximate surface area is 159 Å². The molecule has 7 heteroatoms. The first-order valence-corrected chi connectivity index (χ1v) is 8.89. The summed E-state index contributed by atoms with van der Waals surface area (Å²) < 4.78 is 12.0. The molecule has 0 aromatic heterocycles. The van der Waals surface area contributed by atoms with Crippen molar-refractivity contribution < 1.29 is 14.3 Å². The van der Waals surface area contributed by atoms with Crippen LogP contribution >= 0.6 is 28.3 Å². The third kappa shape index (κ3) is 7.73. The van der Waals surface area contributed by atoms with Crippen LogP contribution in [0, 0.1) is 0 Å². The fraction of sp³-hybridized carbons (Fsp3) is 0.588. The van der Waals surface area contributed by atoms with Gasteiger partial charge >= 0.3 is 0 Å². The molecule has 0 aliphatic rings. The van der Waals surface area contributed by atoms with Crippen molar-refractivity contribution >= 4 is 34.2 Å². The summed E-state index contributed by atoms with van der Waals surface area (Å²) in [5, 5.41) is 6.20. The third-order valence-corrected chi connectivity index (χ3v) is 3.96. The lowest BCUT2D eigenvalue weighted by Gasteiger charge is -2.15. The van der Waals surface area contributed by atoms with Crippen LogP contribution in [-0.2, 0) is 11.2 Å². The Hall–Kier alpha value is -0.980. The second-order valence-corrected chi connectivity index (χ2v) is 6.05. The molecule has 1 rings (SSSR count). The standard InChI is InChI=1S/C17H27BrN2O3.ClH/c1-5-19-12(4)11-20-17(21)9-13-8-15(22-6-2)16(23-7-3)10-14(13)18;/h8,10,12,19H,5-7,9,11H2,1-4H3,(H,20,21);1H/t12-;/m1./s1. The van der Waals surface area contributed by atoms with E-state index in [0.717, 1.165) is 16.6 Å². The van der Waals surface area contributed by atoms with E-state index in [-0.39, 0.29) is 24.4 Å². The van der Waals surface area contributed by atoms with Crippen LogP contribution in [0.5, 0.6) is 11.5 Å². The lowest BCUT2D eigenvalue weighted by molar-refractivity contribution is -0.120. The van der Waals surface area contributed by atoms with Crippen LogP contribution in [0.25, 0.3) is 0 Å². The van der Waals surface area contributed by atoms with E-state index in [1.807, 2.05) is 39.8 Å². The lowest BCUT2D eigenvalue weighted by Crippen LogP contribution is -2.39. The Kier molecular flexibility index (Phi) is 11.9. The first-order valence-electron chi connectivity index (χ1n) is 8.09. The van der Waals surface area contributed by atoms with Gasteiger partial charge in [-0.15, -0.1) is 12.4 Å². The Morgan fingerprint density at radius 1 is 1.17 bits per heavy atom. The summed E-state index contributed by atoms with van der Waals surface area (Å²) in [6.07, 6.45) is 0.298. The fourth-order valence-electron chi connectivity index (χ4n) is 2.17. The van der Waals surface area contributed by atoms with Gasteiger partial charge in [-0.2, -0.15) is 0 Å². The number of benzene rings is 1. The second kappa shape index (κ2) is 12.4. The second-order valence-electron chi connectivity index (χ2n) is 5.20. The molecule has 0 bridgehead atoms. The van der Waals surface area contributed by atoms with Crippen LogP contribution in [-0.4, -0.2) is 38.3 Å². The van der Waals surface area contributed by atoms with Gasteiger partial charge in [0.05, 0.1) is 19.6 Å². The molecule has 0 unspecified atom stereocenters. The van der Waals surface area contributed by atoms with Gasteiger partial charge in [0.25, 0.3) is 0 Å². The zero-order valence-corrected chi connectivity index (χ0v) is 17.2. The highest BCUT2D eigenvalue weighted by Crippen LogP contribution is 2.34. The van der Waals surface area contributed by atoms with Crippen molar-refractivity contribution in [1.82, 2.24) is 10.6 Å². The first-order chi connectivity index (χ1) is 11.0. The van der Waals surface area contributed by atoms with Gasteiger partial charge in [0.2, 0.25) is 5.91 Å². The van der Waals surface area contributed by atoms with Crippen LogP contribution in [0.3, 0.4) is 0 Å². The number of carbonyl (C=O) groups is 1. The Balaban J connectivity index is 0.00000529. The molecule has 2 N–H and O–H groups in total. The molecular weight excluding hydrogens is 396 g/mol. The molecule has 1 atom stereocenters. The number of likely N-dealkylation sites (N-methyl/N-ethyl adjacent to an activating group) is 1. The lowest BCUT2D eigenvalue weighted by atomic mass is 10.1. The van der Waals surface area contributed by atoms with Crippen LogP contribution < -0.4 is 20.1 Å². The number of hydrogen-bond donors (Lipinski definition) is 2. The Morgan fingerprint density at radius 3 is 2.29 bits per heavy atom. The molecule has 138 valence electrons. The maximum atomic E-state index is 12.1. The molecule has 1 aromatic rings. The number of hydrogen-bond acceptors (Lipinski definition) is 4. The molecule has 0 radical (unpaired) electrons. The average molecular weight is 424 g/mol. The van der Waals surface area contributed by atoms with Crippen LogP contribution in [0.4, 0.5) is 0 Å². The van der Waals surface area contributed by atoms with Gasteiger partial charge in [0, 0.05) is 17.1 Å². The normalized spacial score (nSPS) is 11.4. The molecule has 0 aliphatic heterocycles. The largest absolute Gasteiger partial charge is 0.490 e. The van der Waals surface area contributed by atoms with Gasteiger partial charge < -0.3 is 20.1 Å². The molecule has 0 fully saturated rings. The highest BCUT2D eigenvalue weighted by Gasteiger charge is 2.14. The molecule has 0 saturated heterocycles. The van der Waals surface area contributed by atoms with Crippen LogP contribution in [0.2, 0.25) is 0 Å². The zero-order chi connectivity index (χ0) is 17.2. The topological polar surface area (TPSA) is 59.6 Å². The van der Waals surface area contributed by atoms with E-state index >= 15 is 0 Å². The third-order valence-electron chi connectivity index (χ3n) is 3.22. The molecule has 24 heavy (non-hydrogen) atoms. The van der Waals surface area contributed by atoms with E-state index in [1.54, 1.807) is 0 Å². The minimum absolute atomic E-state index is 0. The SMILES string of the molecule is CCN[C@H](C)CNC(=O)Cc1cc(OCC)c(OCC)cc1Br.Cl. The quantitative estimate of drug-likeness (QED) is 0.606. The van der Waals surface area contributed by atoms with Gasteiger partial charge in [0.15, 0.2) is 11.5 Å². The van der Waals surface area contributed by atoms with Crippen LogP contribution in [0.1, 0.15) is 33.3 Å². The number of ether oxygens (including phenoxy) is 2. The highest BCUT2D eigenvalue weighted by atomic mass is 79.9. The van der Waals surface area contributed by atoms with E-state index in [9.17, 15) is 4.79 Å². The van der Waals surface area contributed by atoms with E-state index in [1.165, 1.54) is 0 Å². The van der Waals surface area contributed by atoms with Crippen molar-refractivity contribution in [2.24, 2.45) is 0 Å². The summed E-state index contributed by atoms with van der Waals surface area (Å²) in [6.45, 7) is 10.6. The smallest absolute Gasteiger partial charge is 0.224 e. The molecule has 1 amide bonds. The monoisotopic (exact) mass is 422 g/mol. The van der Waals surface area contributed by atoms with Crippen molar-refractivity contribution in [3.8, 4) is 11.5 Å². The summed E-state index contributed by atoms with van der Waals surface area (Å²) in [6, 6.07) is 3.98. The Bertz CT molecular complexity index is 515. The molecule has 0 saturated carbocycles. The van der Waals surface area contributed by atoms with E-state index in [4.69, 9.17) is 9.47 Å². The van der Waals surface area contributed by atoms with Gasteiger partial charge in [-0.1, -0.05) is 22.9 Å². The molecule has 0 aliphatic carbocycles. The van der Waals surface area contributed by atoms with Gasteiger partial charge in [0.1, 0.15) is 0 Å². The Morgan fingerprint density at radius 2 is 1.75 bits per heavy atom. The van der Waals surface area contributed by atoms with Crippen molar-refractivity contribution in [1.29, 1.82) is 0 Å². The minimum Gasteiger partial charge on any atom is -0.490 e. The van der Waals surface area contributed by atoms with Crippen molar-refractivity contribution in [3.05, 3.63) is 22.2 Å². The highest BCUT2D eigenvalue weighted by molar-refractivity contribution is 9.10. The molecule has 0 spiro atoms. The van der Waals surface area contributed by atoms with E-state index < -0.39 is 0 Å². The first kappa shape index (κ1) is 23.0.